The van der Waals surface area contributed by atoms with Crippen LogP contribution in [0.25, 0.3) is 0 Å². The van der Waals surface area contributed by atoms with Gasteiger partial charge in [-0.25, -0.2) is 0 Å². The normalized spacial score (nSPS) is 5.14. The smallest absolute Gasteiger partial charge is 0.724 e. The van der Waals surface area contributed by atoms with Crippen LogP contribution in [0.15, 0.2) is 0 Å². The minimum atomic E-state index is 0. The summed E-state index contributed by atoms with van der Waals surface area (Å²) in [5.41, 5.74) is 0. The Labute approximate surface area is 82.4 Å². The SMILES string of the molecule is CO[O-].CO[O-].[Ba+2]. The summed E-state index contributed by atoms with van der Waals surface area (Å²) in [6, 6.07) is 0. The Morgan fingerprint density at radius 1 is 1.00 bits per heavy atom. The average Bonchev–Trinajstić information content (AvgIpc) is 1.39. The standard InChI is InChI=1S/2CH4O2.Ba/c2*1-3-2;/h2*2H,1H3;/q;;+2/p-2. The molecule has 0 bridgehead atoms. The van der Waals surface area contributed by atoms with Crippen LogP contribution in [0.2, 0.25) is 0 Å². The van der Waals surface area contributed by atoms with Crippen LogP contribution in [-0.2, 0) is 9.78 Å². The Kier molecular flexibility index (Phi) is 59.0. The molecule has 0 aliphatic rings. The molecule has 0 spiro atoms. The van der Waals surface area contributed by atoms with Gasteiger partial charge in [-0.05, 0) is 0 Å². The minimum absolute atomic E-state index is 0. The summed E-state index contributed by atoms with van der Waals surface area (Å²) < 4.78 is 0. The second-order valence-corrected chi connectivity index (χ2v) is 0.333. The molecule has 0 heterocycles. The molecule has 0 aliphatic heterocycles. The maximum Gasteiger partial charge on any atom is 2.00 e. The monoisotopic (exact) mass is 232 g/mol. The van der Waals surface area contributed by atoms with E-state index in [9.17, 15) is 0 Å². The van der Waals surface area contributed by atoms with Gasteiger partial charge in [0.1, 0.15) is 0 Å². The fourth-order valence-electron chi connectivity index (χ4n) is 0. The van der Waals surface area contributed by atoms with E-state index in [-0.39, 0.29) is 48.9 Å². The zero-order valence-corrected chi connectivity index (χ0v) is 8.78. The van der Waals surface area contributed by atoms with Crippen molar-refractivity contribution >= 4 is 48.9 Å². The van der Waals surface area contributed by atoms with Gasteiger partial charge in [0.25, 0.3) is 0 Å². The van der Waals surface area contributed by atoms with Crippen LogP contribution in [0.1, 0.15) is 0 Å². The molecule has 0 unspecified atom stereocenters. The van der Waals surface area contributed by atoms with Crippen LogP contribution in [0.5, 0.6) is 0 Å². The molecule has 0 aromatic heterocycles. The third-order valence-electron chi connectivity index (χ3n) is 0. The Morgan fingerprint density at radius 3 is 1.00 bits per heavy atom. The summed E-state index contributed by atoms with van der Waals surface area (Å²) in [7, 11) is 2.14. The van der Waals surface area contributed by atoms with Crippen LogP contribution in [0.4, 0.5) is 0 Å². The maximum atomic E-state index is 8.43. The first kappa shape index (κ1) is 15.8. The van der Waals surface area contributed by atoms with Crippen LogP contribution in [0, 0.1) is 0 Å². The first-order valence-electron chi connectivity index (χ1n) is 1.15. The van der Waals surface area contributed by atoms with Crippen molar-refractivity contribution in [3.05, 3.63) is 0 Å². The third kappa shape index (κ3) is 109. The van der Waals surface area contributed by atoms with Crippen molar-refractivity contribution < 1.29 is 20.3 Å². The largest absolute Gasteiger partial charge is 2.00 e. The minimum Gasteiger partial charge on any atom is -0.724 e. The van der Waals surface area contributed by atoms with Crippen LogP contribution >= 0.6 is 0 Å². The Morgan fingerprint density at radius 2 is 1.00 bits per heavy atom. The predicted octanol–water partition coefficient (Wildman–Crippen LogP) is -2.56. The predicted molar refractivity (Wildman–Crippen MR) is 19.8 cm³/mol. The molecular formula is C2H6BaO4. The van der Waals surface area contributed by atoms with Crippen LogP contribution in [-0.4, -0.2) is 63.1 Å². The van der Waals surface area contributed by atoms with E-state index in [2.05, 4.69) is 9.78 Å². The maximum absolute atomic E-state index is 8.43. The number of hydrogen-bond acceptors (Lipinski definition) is 4. The van der Waals surface area contributed by atoms with Gasteiger partial charge in [-0.3, -0.25) is 0 Å². The van der Waals surface area contributed by atoms with Crippen molar-refractivity contribution in [3.63, 3.8) is 0 Å². The summed E-state index contributed by atoms with van der Waals surface area (Å²) in [6.07, 6.45) is 0. The molecule has 4 nitrogen and oxygen atoms in total. The summed E-state index contributed by atoms with van der Waals surface area (Å²) in [4.78, 5) is 6.00. The van der Waals surface area contributed by atoms with E-state index in [1.54, 1.807) is 0 Å². The second kappa shape index (κ2) is 26.2. The molecule has 0 aromatic carbocycles. The van der Waals surface area contributed by atoms with Gasteiger partial charge in [-0.2, -0.15) is 0 Å². The number of hydrogen-bond donors (Lipinski definition) is 0. The Hall–Kier alpha value is 1.41. The average molecular weight is 231 g/mol. The molecule has 0 aliphatic carbocycles. The molecule has 0 atom stereocenters. The summed E-state index contributed by atoms with van der Waals surface area (Å²) in [6.45, 7) is 0. The molecule has 0 saturated heterocycles. The molecule has 0 radical (unpaired) electrons. The molecule has 0 fully saturated rings. The molecular weight excluding hydrogens is 225 g/mol. The molecule has 0 amide bonds. The molecule has 0 saturated carbocycles. The first-order valence-corrected chi connectivity index (χ1v) is 1.15. The van der Waals surface area contributed by atoms with E-state index < -0.39 is 0 Å². The zero-order valence-electron chi connectivity index (χ0n) is 4.34. The first-order chi connectivity index (χ1) is 2.83. The Bertz CT molecular complexity index is 11.7. The van der Waals surface area contributed by atoms with Crippen molar-refractivity contribution in [1.82, 2.24) is 0 Å². The summed E-state index contributed by atoms with van der Waals surface area (Å²) in [5, 5.41) is 16.9. The topological polar surface area (TPSA) is 64.6 Å². The van der Waals surface area contributed by atoms with Crippen molar-refractivity contribution in [2.45, 2.75) is 0 Å². The van der Waals surface area contributed by atoms with Crippen molar-refractivity contribution in [2.75, 3.05) is 14.2 Å². The fraction of sp³-hybridized carbons (Fsp3) is 1.00. The quantitative estimate of drug-likeness (QED) is 0.261. The van der Waals surface area contributed by atoms with E-state index in [4.69, 9.17) is 10.5 Å². The van der Waals surface area contributed by atoms with Gasteiger partial charge in [0, 0.05) is 14.2 Å². The summed E-state index contributed by atoms with van der Waals surface area (Å²) >= 11 is 0. The Balaban J connectivity index is -0.0000000400. The molecule has 40 valence electrons. The molecule has 0 rings (SSSR count). The van der Waals surface area contributed by atoms with E-state index in [0.717, 1.165) is 14.2 Å². The molecule has 5 heteroatoms. The van der Waals surface area contributed by atoms with Crippen LogP contribution in [0.3, 0.4) is 0 Å². The molecule has 0 N–H and O–H groups in total. The fourth-order valence-corrected chi connectivity index (χ4v) is 0. The van der Waals surface area contributed by atoms with Crippen LogP contribution < -0.4 is 10.5 Å². The van der Waals surface area contributed by atoms with Gasteiger partial charge < -0.3 is 20.3 Å². The van der Waals surface area contributed by atoms with E-state index in [1.807, 2.05) is 0 Å². The zero-order chi connectivity index (χ0) is 5.41. The van der Waals surface area contributed by atoms with Gasteiger partial charge in [-0.1, -0.05) is 0 Å². The second-order valence-electron chi connectivity index (χ2n) is 0.333. The van der Waals surface area contributed by atoms with Gasteiger partial charge in [-0.15, -0.1) is 0 Å². The van der Waals surface area contributed by atoms with Gasteiger partial charge in [0.05, 0.1) is 0 Å². The van der Waals surface area contributed by atoms with E-state index >= 15 is 0 Å². The third-order valence-corrected chi connectivity index (χ3v) is 0. The van der Waals surface area contributed by atoms with Gasteiger partial charge in [0.15, 0.2) is 0 Å². The van der Waals surface area contributed by atoms with Crippen molar-refractivity contribution in [1.29, 1.82) is 0 Å². The number of rotatable bonds is 0. The van der Waals surface area contributed by atoms with E-state index in [1.165, 1.54) is 0 Å². The molecule has 0 aromatic rings. The van der Waals surface area contributed by atoms with E-state index in [0.29, 0.717) is 0 Å². The summed E-state index contributed by atoms with van der Waals surface area (Å²) in [5.74, 6) is 0. The van der Waals surface area contributed by atoms with Crippen molar-refractivity contribution in [2.24, 2.45) is 0 Å². The van der Waals surface area contributed by atoms with Gasteiger partial charge >= 0.3 is 48.9 Å². The molecule has 7 heavy (non-hydrogen) atoms. The van der Waals surface area contributed by atoms with Crippen molar-refractivity contribution in [3.8, 4) is 0 Å². The van der Waals surface area contributed by atoms with Gasteiger partial charge in [0.2, 0.25) is 0 Å².